The third-order valence-corrected chi connectivity index (χ3v) is 7.76. The van der Waals surface area contributed by atoms with Crippen LogP contribution in [0.1, 0.15) is 50.5 Å². The molecule has 140 valence electrons. The van der Waals surface area contributed by atoms with E-state index in [-0.39, 0.29) is 10.8 Å². The first kappa shape index (κ1) is 19.8. The molecule has 3 unspecified atom stereocenters. The number of hydrogen-bond donors (Lipinski definition) is 2. The van der Waals surface area contributed by atoms with Crippen LogP contribution in [0.2, 0.25) is 0 Å². The van der Waals surface area contributed by atoms with Gasteiger partial charge in [0.1, 0.15) is 0 Å². The largest absolute Gasteiger partial charge is 0.388 e. The first-order valence-corrected chi connectivity index (χ1v) is 11.2. The van der Waals surface area contributed by atoms with Crippen LogP contribution in [0.3, 0.4) is 0 Å². The maximum absolute atomic E-state index is 11.4. The summed E-state index contributed by atoms with van der Waals surface area (Å²) in [5.74, 6) is 0.810. The zero-order valence-corrected chi connectivity index (χ0v) is 17.5. The molecule has 2 nitrogen and oxygen atoms in total. The van der Waals surface area contributed by atoms with E-state index in [1.807, 2.05) is 42.7 Å². The Hall–Kier alpha value is -0.940. The van der Waals surface area contributed by atoms with Crippen LogP contribution in [-0.2, 0) is 0 Å². The second-order valence-electron chi connectivity index (χ2n) is 8.19. The number of benzene rings is 2. The van der Waals surface area contributed by atoms with Crippen LogP contribution in [0, 0.1) is 10.8 Å². The fourth-order valence-corrected chi connectivity index (χ4v) is 6.03. The van der Waals surface area contributed by atoms with Crippen LogP contribution in [0.15, 0.2) is 58.3 Å². The van der Waals surface area contributed by atoms with Gasteiger partial charge in [-0.1, -0.05) is 57.2 Å². The molecule has 0 saturated carbocycles. The third kappa shape index (κ3) is 3.70. The van der Waals surface area contributed by atoms with E-state index in [1.54, 1.807) is 23.5 Å². The lowest BCUT2D eigenvalue weighted by Gasteiger charge is -2.45. The Labute approximate surface area is 165 Å². The first-order chi connectivity index (χ1) is 12.3. The standard InChI is InChI=1S/C22H28O2S2/c1-21(2)13-22(3,20(24)15-9-5-7-11-17(15)25-4)14-26-18-12-8-6-10-16(18)19(21)23/h5-12,19-20,23-24H,13-14H2,1-4H3. The fourth-order valence-electron chi connectivity index (χ4n) is 4.13. The van der Waals surface area contributed by atoms with Crippen molar-refractivity contribution in [3.63, 3.8) is 0 Å². The quantitative estimate of drug-likeness (QED) is 0.661. The second kappa shape index (κ2) is 7.59. The zero-order chi connectivity index (χ0) is 18.9. The van der Waals surface area contributed by atoms with E-state index in [0.717, 1.165) is 33.1 Å². The minimum absolute atomic E-state index is 0.332. The average Bonchev–Trinajstić information content (AvgIpc) is 2.64. The molecule has 0 bridgehead atoms. The molecule has 4 heteroatoms. The van der Waals surface area contributed by atoms with Gasteiger partial charge >= 0.3 is 0 Å². The van der Waals surface area contributed by atoms with Gasteiger partial charge in [0.25, 0.3) is 0 Å². The van der Waals surface area contributed by atoms with Crippen molar-refractivity contribution in [1.82, 2.24) is 0 Å². The fraction of sp³-hybridized carbons (Fsp3) is 0.455. The lowest BCUT2D eigenvalue weighted by atomic mass is 9.67. The van der Waals surface area contributed by atoms with E-state index in [2.05, 4.69) is 32.9 Å². The highest BCUT2D eigenvalue weighted by Crippen LogP contribution is 2.54. The Balaban J connectivity index is 2.02. The van der Waals surface area contributed by atoms with Gasteiger partial charge in [0, 0.05) is 21.0 Å². The number of rotatable bonds is 3. The number of thioether (sulfide) groups is 2. The molecule has 2 N–H and O–H groups in total. The van der Waals surface area contributed by atoms with Crippen molar-refractivity contribution in [3.05, 3.63) is 59.7 Å². The summed E-state index contributed by atoms with van der Waals surface area (Å²) < 4.78 is 0. The maximum atomic E-state index is 11.4. The van der Waals surface area contributed by atoms with Crippen LogP contribution in [0.4, 0.5) is 0 Å². The molecular formula is C22H28O2S2. The normalized spacial score (nSPS) is 26.5. The Bertz CT molecular complexity index is 774. The summed E-state index contributed by atoms with van der Waals surface area (Å²) in [6, 6.07) is 16.2. The summed E-state index contributed by atoms with van der Waals surface area (Å²) in [5.41, 5.74) is 1.32. The number of aliphatic hydroxyl groups excluding tert-OH is 2. The second-order valence-corrected chi connectivity index (χ2v) is 10.1. The molecule has 0 aliphatic carbocycles. The third-order valence-electron chi connectivity index (χ3n) is 5.46. The Morgan fingerprint density at radius 1 is 1.08 bits per heavy atom. The molecule has 2 aromatic rings. The molecule has 0 radical (unpaired) electrons. The van der Waals surface area contributed by atoms with Gasteiger partial charge in [-0.3, -0.25) is 0 Å². The predicted molar refractivity (Wildman–Crippen MR) is 112 cm³/mol. The monoisotopic (exact) mass is 388 g/mol. The zero-order valence-electron chi connectivity index (χ0n) is 15.9. The van der Waals surface area contributed by atoms with Crippen molar-refractivity contribution in [2.45, 2.75) is 49.2 Å². The molecule has 2 aromatic carbocycles. The molecule has 1 aliphatic rings. The van der Waals surface area contributed by atoms with Crippen LogP contribution >= 0.6 is 23.5 Å². The smallest absolute Gasteiger partial charge is 0.0862 e. The Morgan fingerprint density at radius 2 is 1.73 bits per heavy atom. The lowest BCUT2D eigenvalue weighted by Crippen LogP contribution is -2.38. The molecule has 0 fully saturated rings. The lowest BCUT2D eigenvalue weighted by molar-refractivity contribution is -0.0323. The highest BCUT2D eigenvalue weighted by atomic mass is 32.2. The average molecular weight is 389 g/mol. The van der Waals surface area contributed by atoms with Crippen LogP contribution in [-0.4, -0.2) is 22.2 Å². The van der Waals surface area contributed by atoms with Gasteiger partial charge in [-0.2, -0.15) is 0 Å². The molecule has 0 amide bonds. The number of hydrogen-bond acceptors (Lipinski definition) is 4. The van der Waals surface area contributed by atoms with Gasteiger partial charge in [-0.15, -0.1) is 23.5 Å². The van der Waals surface area contributed by atoms with Crippen LogP contribution in [0.25, 0.3) is 0 Å². The van der Waals surface area contributed by atoms with Gasteiger partial charge < -0.3 is 10.2 Å². The van der Waals surface area contributed by atoms with E-state index >= 15 is 0 Å². The van der Waals surface area contributed by atoms with Crippen molar-refractivity contribution in [2.75, 3.05) is 12.0 Å². The highest BCUT2D eigenvalue weighted by Gasteiger charge is 2.44. The summed E-state index contributed by atoms with van der Waals surface area (Å²) in [6.45, 7) is 6.37. The molecule has 3 rings (SSSR count). The van der Waals surface area contributed by atoms with E-state index in [4.69, 9.17) is 0 Å². The van der Waals surface area contributed by atoms with E-state index in [1.165, 1.54) is 0 Å². The molecule has 1 heterocycles. The van der Waals surface area contributed by atoms with Crippen LogP contribution < -0.4 is 0 Å². The van der Waals surface area contributed by atoms with Gasteiger partial charge in [-0.25, -0.2) is 0 Å². The topological polar surface area (TPSA) is 40.5 Å². The van der Waals surface area contributed by atoms with Crippen molar-refractivity contribution in [2.24, 2.45) is 10.8 Å². The van der Waals surface area contributed by atoms with Crippen molar-refractivity contribution in [1.29, 1.82) is 0 Å². The van der Waals surface area contributed by atoms with Crippen molar-refractivity contribution < 1.29 is 10.2 Å². The van der Waals surface area contributed by atoms with Gasteiger partial charge in [0.2, 0.25) is 0 Å². The molecule has 0 aromatic heterocycles. The number of aliphatic hydroxyl groups is 2. The van der Waals surface area contributed by atoms with E-state index < -0.39 is 12.2 Å². The molecule has 26 heavy (non-hydrogen) atoms. The Kier molecular flexibility index (Phi) is 5.78. The molecule has 0 spiro atoms. The number of fused-ring (bicyclic) bond motifs is 1. The van der Waals surface area contributed by atoms with Crippen LogP contribution in [0.5, 0.6) is 0 Å². The van der Waals surface area contributed by atoms with Crippen molar-refractivity contribution >= 4 is 23.5 Å². The van der Waals surface area contributed by atoms with Gasteiger partial charge in [0.05, 0.1) is 12.2 Å². The predicted octanol–water partition coefficient (Wildman–Crippen LogP) is 5.70. The maximum Gasteiger partial charge on any atom is 0.0862 e. The van der Waals surface area contributed by atoms with Gasteiger partial charge in [0.15, 0.2) is 0 Å². The Morgan fingerprint density at radius 3 is 2.46 bits per heavy atom. The summed E-state index contributed by atoms with van der Waals surface area (Å²) >= 11 is 3.41. The molecule has 3 atom stereocenters. The van der Waals surface area contributed by atoms with Gasteiger partial charge in [-0.05, 0) is 41.4 Å². The molecule has 0 saturated heterocycles. The minimum Gasteiger partial charge on any atom is -0.388 e. The summed E-state index contributed by atoms with van der Waals surface area (Å²) in [5, 5.41) is 22.5. The van der Waals surface area contributed by atoms with E-state index in [9.17, 15) is 10.2 Å². The van der Waals surface area contributed by atoms with E-state index in [0.29, 0.717) is 0 Å². The SMILES string of the molecule is CSc1ccccc1C(O)C1(C)CSc2ccccc2C(O)C(C)(C)C1. The summed E-state index contributed by atoms with van der Waals surface area (Å²) in [4.78, 5) is 2.23. The minimum atomic E-state index is -0.574. The first-order valence-electron chi connectivity index (χ1n) is 8.99. The van der Waals surface area contributed by atoms with Crippen molar-refractivity contribution in [3.8, 4) is 0 Å². The molecule has 1 aliphatic heterocycles. The highest BCUT2D eigenvalue weighted by molar-refractivity contribution is 7.99. The summed E-state index contributed by atoms with van der Waals surface area (Å²) in [6.07, 6.45) is 1.67. The molecular weight excluding hydrogens is 360 g/mol. The summed E-state index contributed by atoms with van der Waals surface area (Å²) in [7, 11) is 0.